The molecule has 0 bridgehead atoms. The predicted molar refractivity (Wildman–Crippen MR) is 79.3 cm³/mol. The lowest BCUT2D eigenvalue weighted by molar-refractivity contribution is 1.20. The van der Waals surface area contributed by atoms with E-state index in [4.69, 9.17) is 23.1 Å². The molecule has 0 aliphatic heterocycles. The van der Waals surface area contributed by atoms with Gasteiger partial charge in [0.25, 0.3) is 0 Å². The molecule has 96 valence electrons. The molecule has 2 aromatic rings. The van der Waals surface area contributed by atoms with E-state index in [2.05, 4.69) is 10.2 Å². The van der Waals surface area contributed by atoms with Gasteiger partial charge in [-0.3, -0.25) is 0 Å². The number of guanidine groups is 1. The Kier molecular flexibility index (Phi) is 4.15. The lowest BCUT2D eigenvalue weighted by Gasteiger charge is -2.05. The van der Waals surface area contributed by atoms with Crippen molar-refractivity contribution in [1.29, 1.82) is 0 Å². The summed E-state index contributed by atoms with van der Waals surface area (Å²) in [6.45, 7) is 0. The van der Waals surface area contributed by atoms with Crippen LogP contribution in [0.1, 0.15) is 11.1 Å². The van der Waals surface area contributed by atoms with Crippen LogP contribution < -0.4 is 11.5 Å². The molecule has 2 aromatic carbocycles. The lowest BCUT2D eigenvalue weighted by Crippen LogP contribution is -2.22. The number of benzene rings is 2. The first-order valence-electron chi connectivity index (χ1n) is 5.65. The summed E-state index contributed by atoms with van der Waals surface area (Å²) in [5, 5.41) is 8.50. The number of nitrogens with zero attached hydrogens (tertiary/aromatic N) is 2. The molecule has 2 rings (SSSR count). The smallest absolute Gasteiger partial charge is 0.211 e. The quantitative estimate of drug-likeness (QED) is 0.511. The molecule has 0 unspecified atom stereocenters. The van der Waals surface area contributed by atoms with Crippen molar-refractivity contribution in [2.45, 2.75) is 0 Å². The van der Waals surface area contributed by atoms with E-state index in [1.807, 2.05) is 42.5 Å². The lowest BCUT2D eigenvalue weighted by atomic mass is 10.0. The molecule has 19 heavy (non-hydrogen) atoms. The molecule has 4 N–H and O–H groups in total. The van der Waals surface area contributed by atoms with Gasteiger partial charge < -0.3 is 11.5 Å². The Morgan fingerprint density at radius 2 is 1.37 bits per heavy atom. The monoisotopic (exact) mass is 272 g/mol. The molecule has 5 heteroatoms. The maximum atomic E-state index is 5.88. The Balaban J connectivity index is 2.49. The molecule has 0 spiro atoms. The van der Waals surface area contributed by atoms with Gasteiger partial charge in [-0.05, 0) is 12.1 Å². The van der Waals surface area contributed by atoms with E-state index < -0.39 is 0 Å². The average molecular weight is 273 g/mol. The molecular weight excluding hydrogens is 260 g/mol. The van der Waals surface area contributed by atoms with E-state index in [0.29, 0.717) is 10.7 Å². The second-order valence-corrected chi connectivity index (χ2v) is 4.28. The number of hydrogen-bond acceptors (Lipinski definition) is 2. The molecule has 0 aliphatic rings. The molecule has 0 saturated heterocycles. The molecule has 0 aromatic heterocycles. The molecule has 0 fully saturated rings. The second kappa shape index (κ2) is 6.02. The van der Waals surface area contributed by atoms with Crippen molar-refractivity contribution in [2.75, 3.05) is 0 Å². The zero-order chi connectivity index (χ0) is 13.7. The molecule has 0 heterocycles. The summed E-state index contributed by atoms with van der Waals surface area (Å²) in [5.41, 5.74) is 13.1. The highest BCUT2D eigenvalue weighted by atomic mass is 35.5. The molecule has 0 aliphatic carbocycles. The van der Waals surface area contributed by atoms with E-state index >= 15 is 0 Å². The van der Waals surface area contributed by atoms with Crippen molar-refractivity contribution in [3.05, 3.63) is 70.7 Å². The van der Waals surface area contributed by atoms with Gasteiger partial charge in [-0.1, -0.05) is 54.1 Å². The summed E-state index contributed by atoms with van der Waals surface area (Å²) < 4.78 is 0. The van der Waals surface area contributed by atoms with Crippen LogP contribution >= 0.6 is 11.6 Å². The van der Waals surface area contributed by atoms with Gasteiger partial charge in [0.05, 0.1) is 0 Å². The van der Waals surface area contributed by atoms with Gasteiger partial charge in [-0.2, -0.15) is 0 Å². The highest BCUT2D eigenvalue weighted by Gasteiger charge is 2.06. The van der Waals surface area contributed by atoms with Gasteiger partial charge >= 0.3 is 0 Å². The first kappa shape index (κ1) is 13.1. The van der Waals surface area contributed by atoms with Crippen LogP contribution in [0, 0.1) is 0 Å². The average Bonchev–Trinajstić information content (AvgIpc) is 2.42. The van der Waals surface area contributed by atoms with Crippen molar-refractivity contribution in [1.82, 2.24) is 0 Å². The minimum Gasteiger partial charge on any atom is -0.369 e. The third-order valence-electron chi connectivity index (χ3n) is 2.43. The summed E-state index contributed by atoms with van der Waals surface area (Å²) in [4.78, 5) is 0. The van der Waals surface area contributed by atoms with Gasteiger partial charge in [0.1, 0.15) is 5.71 Å². The Bertz CT molecular complexity index is 599. The van der Waals surface area contributed by atoms with Crippen LogP contribution in [0.2, 0.25) is 5.02 Å². The minimum absolute atomic E-state index is 0.0811. The maximum Gasteiger partial charge on any atom is 0.211 e. The first-order valence-corrected chi connectivity index (χ1v) is 6.02. The normalized spacial score (nSPS) is 11.1. The summed E-state index contributed by atoms with van der Waals surface area (Å²) >= 11 is 5.88. The van der Waals surface area contributed by atoms with Crippen molar-refractivity contribution in [2.24, 2.45) is 21.7 Å². The Morgan fingerprint density at radius 1 is 0.789 bits per heavy atom. The predicted octanol–water partition coefficient (Wildman–Crippen LogP) is 2.37. The Labute approximate surface area is 116 Å². The van der Waals surface area contributed by atoms with Crippen molar-refractivity contribution in [3.63, 3.8) is 0 Å². The zero-order valence-electron chi connectivity index (χ0n) is 10.1. The van der Waals surface area contributed by atoms with E-state index in [1.54, 1.807) is 12.1 Å². The van der Waals surface area contributed by atoms with E-state index in [9.17, 15) is 0 Å². The van der Waals surface area contributed by atoms with Crippen molar-refractivity contribution in [3.8, 4) is 0 Å². The second-order valence-electron chi connectivity index (χ2n) is 3.85. The summed E-state index contributed by atoms with van der Waals surface area (Å²) in [7, 11) is 0. The fraction of sp³-hybridized carbons (Fsp3) is 0. The van der Waals surface area contributed by atoms with Crippen LogP contribution in [0.15, 0.2) is 64.8 Å². The van der Waals surface area contributed by atoms with E-state index in [-0.39, 0.29) is 5.96 Å². The van der Waals surface area contributed by atoms with Gasteiger partial charge in [-0.15, -0.1) is 10.2 Å². The number of rotatable bonds is 3. The van der Waals surface area contributed by atoms with Crippen LogP contribution in [0.25, 0.3) is 0 Å². The van der Waals surface area contributed by atoms with E-state index in [0.717, 1.165) is 11.1 Å². The standard InChI is InChI=1S/C14H13ClN4/c15-12-8-6-11(7-9-12)13(18-19-14(16)17)10-4-2-1-3-5-10/h1-9H,(H4,16,17,19)/b18-13+. The largest absolute Gasteiger partial charge is 0.369 e. The van der Waals surface area contributed by atoms with Gasteiger partial charge in [0.2, 0.25) is 5.96 Å². The third kappa shape index (κ3) is 3.56. The highest BCUT2D eigenvalue weighted by Crippen LogP contribution is 2.15. The molecule has 0 radical (unpaired) electrons. The van der Waals surface area contributed by atoms with Crippen LogP contribution in [0.4, 0.5) is 0 Å². The van der Waals surface area contributed by atoms with Crippen molar-refractivity contribution >= 4 is 23.3 Å². The van der Waals surface area contributed by atoms with Crippen LogP contribution in [-0.4, -0.2) is 11.7 Å². The SMILES string of the molecule is NC(N)=N/N=C(\c1ccccc1)c1ccc(Cl)cc1. The Hall–Kier alpha value is -2.33. The highest BCUT2D eigenvalue weighted by molar-refractivity contribution is 6.30. The molecule has 0 saturated carbocycles. The zero-order valence-corrected chi connectivity index (χ0v) is 10.9. The summed E-state index contributed by atoms with van der Waals surface area (Å²) in [5.74, 6) is -0.0811. The fourth-order valence-electron chi connectivity index (χ4n) is 1.59. The maximum absolute atomic E-state index is 5.88. The third-order valence-corrected chi connectivity index (χ3v) is 2.68. The number of nitrogens with two attached hydrogens (primary N) is 2. The van der Waals surface area contributed by atoms with Crippen LogP contribution in [-0.2, 0) is 0 Å². The summed E-state index contributed by atoms with van der Waals surface area (Å²) in [6, 6.07) is 17.0. The molecule has 0 atom stereocenters. The topological polar surface area (TPSA) is 76.8 Å². The van der Waals surface area contributed by atoms with Gasteiger partial charge in [0, 0.05) is 16.1 Å². The van der Waals surface area contributed by atoms with Crippen LogP contribution in [0.3, 0.4) is 0 Å². The summed E-state index contributed by atoms with van der Waals surface area (Å²) in [6.07, 6.45) is 0. The Morgan fingerprint density at radius 3 is 1.95 bits per heavy atom. The molecular formula is C14H13ClN4. The minimum atomic E-state index is -0.0811. The van der Waals surface area contributed by atoms with Gasteiger partial charge in [-0.25, -0.2) is 0 Å². The molecule has 4 nitrogen and oxygen atoms in total. The van der Waals surface area contributed by atoms with Crippen molar-refractivity contribution < 1.29 is 0 Å². The number of halogens is 1. The number of hydrogen-bond donors (Lipinski definition) is 2. The molecule has 0 amide bonds. The first-order chi connectivity index (χ1) is 9.16. The fourth-order valence-corrected chi connectivity index (χ4v) is 1.72. The van der Waals surface area contributed by atoms with E-state index in [1.165, 1.54) is 0 Å². The van der Waals surface area contributed by atoms with Crippen LogP contribution in [0.5, 0.6) is 0 Å². The van der Waals surface area contributed by atoms with Gasteiger partial charge in [0.15, 0.2) is 0 Å².